The predicted octanol–water partition coefficient (Wildman–Crippen LogP) is 3.20. The summed E-state index contributed by atoms with van der Waals surface area (Å²) in [5.41, 5.74) is 0. The van der Waals surface area contributed by atoms with Crippen LogP contribution in [0.25, 0.3) is 0 Å². The molecule has 0 amide bonds. The molecule has 1 unspecified atom stereocenters. The van der Waals surface area contributed by atoms with E-state index in [-0.39, 0.29) is 30.9 Å². The molecule has 6 heteroatoms. The number of hydrogen-bond donors (Lipinski definition) is 1. The van der Waals surface area contributed by atoms with Gasteiger partial charge in [0.1, 0.15) is 6.10 Å². The highest BCUT2D eigenvalue weighted by molar-refractivity contribution is 5.70. The zero-order chi connectivity index (χ0) is 16.8. The van der Waals surface area contributed by atoms with E-state index in [0.717, 1.165) is 6.42 Å². The molecule has 0 aromatic carbocycles. The SMILES string of the molecule is CCC(=O)OC(CC)CCC=COC(=O)CCCCC(=O)O. The van der Waals surface area contributed by atoms with Crippen LogP contribution in [0.2, 0.25) is 0 Å². The molecule has 0 aromatic rings. The largest absolute Gasteiger partial charge is 0.481 e. The van der Waals surface area contributed by atoms with Crippen LogP contribution in [-0.2, 0) is 23.9 Å². The standard InChI is InChI=1S/C16H26O6/c1-3-13(22-15(19)4-2)9-7-8-12-21-16(20)11-6-5-10-14(17)18/h8,12-13H,3-7,9-11H2,1-2H3,(H,17,18). The van der Waals surface area contributed by atoms with Crippen LogP contribution in [0.15, 0.2) is 12.3 Å². The van der Waals surface area contributed by atoms with Crippen molar-refractivity contribution in [2.75, 3.05) is 0 Å². The lowest BCUT2D eigenvalue weighted by molar-refractivity contribution is -0.149. The van der Waals surface area contributed by atoms with E-state index in [1.54, 1.807) is 13.0 Å². The Morgan fingerprint density at radius 2 is 1.77 bits per heavy atom. The first-order valence-corrected chi connectivity index (χ1v) is 7.75. The Hall–Kier alpha value is -1.85. The number of rotatable bonds is 12. The summed E-state index contributed by atoms with van der Waals surface area (Å²) < 4.78 is 10.1. The maximum absolute atomic E-state index is 11.3. The van der Waals surface area contributed by atoms with Gasteiger partial charge in [-0.15, -0.1) is 0 Å². The van der Waals surface area contributed by atoms with Gasteiger partial charge in [0.15, 0.2) is 0 Å². The number of carboxylic acids is 1. The highest BCUT2D eigenvalue weighted by atomic mass is 16.5. The van der Waals surface area contributed by atoms with Crippen molar-refractivity contribution in [3.8, 4) is 0 Å². The van der Waals surface area contributed by atoms with Crippen LogP contribution in [0.5, 0.6) is 0 Å². The summed E-state index contributed by atoms with van der Waals surface area (Å²) in [6.45, 7) is 3.71. The first-order valence-electron chi connectivity index (χ1n) is 7.75. The van der Waals surface area contributed by atoms with Gasteiger partial charge in [0.25, 0.3) is 0 Å². The van der Waals surface area contributed by atoms with Crippen LogP contribution in [0.1, 0.15) is 65.2 Å². The molecule has 0 saturated heterocycles. The summed E-state index contributed by atoms with van der Waals surface area (Å²) in [6, 6.07) is 0. The minimum absolute atomic E-state index is 0.0675. The topological polar surface area (TPSA) is 89.9 Å². The fourth-order valence-corrected chi connectivity index (χ4v) is 1.69. The van der Waals surface area contributed by atoms with Crippen LogP contribution in [0.3, 0.4) is 0 Å². The quantitative estimate of drug-likeness (QED) is 0.338. The summed E-state index contributed by atoms with van der Waals surface area (Å²) in [7, 11) is 0. The van der Waals surface area contributed by atoms with Crippen molar-refractivity contribution in [3.05, 3.63) is 12.3 Å². The van der Waals surface area contributed by atoms with Crippen LogP contribution in [0, 0.1) is 0 Å². The lowest BCUT2D eigenvalue weighted by Crippen LogP contribution is -2.16. The highest BCUT2D eigenvalue weighted by Crippen LogP contribution is 2.09. The van der Waals surface area contributed by atoms with Gasteiger partial charge >= 0.3 is 17.9 Å². The number of unbranched alkanes of at least 4 members (excludes halogenated alkanes) is 1. The molecule has 6 nitrogen and oxygen atoms in total. The van der Waals surface area contributed by atoms with Crippen molar-refractivity contribution >= 4 is 17.9 Å². The average molecular weight is 314 g/mol. The molecule has 0 aliphatic heterocycles. The first-order chi connectivity index (χ1) is 10.5. The summed E-state index contributed by atoms with van der Waals surface area (Å²) in [4.78, 5) is 32.8. The molecule has 0 fully saturated rings. The van der Waals surface area contributed by atoms with Crippen molar-refractivity contribution < 1.29 is 29.0 Å². The van der Waals surface area contributed by atoms with Crippen LogP contribution < -0.4 is 0 Å². The van der Waals surface area contributed by atoms with Crippen molar-refractivity contribution in [3.63, 3.8) is 0 Å². The summed E-state index contributed by atoms with van der Waals surface area (Å²) in [5.74, 6) is -1.43. The molecule has 0 rings (SSSR count). The molecule has 0 saturated carbocycles. The number of aliphatic carboxylic acids is 1. The molecule has 22 heavy (non-hydrogen) atoms. The third-order valence-corrected chi connectivity index (χ3v) is 3.01. The van der Waals surface area contributed by atoms with Gasteiger partial charge in [-0.25, -0.2) is 0 Å². The number of hydrogen-bond acceptors (Lipinski definition) is 5. The van der Waals surface area contributed by atoms with Crippen molar-refractivity contribution in [1.29, 1.82) is 0 Å². The van der Waals surface area contributed by atoms with Gasteiger partial charge in [-0.05, 0) is 38.2 Å². The van der Waals surface area contributed by atoms with E-state index >= 15 is 0 Å². The molecule has 1 N–H and O–H groups in total. The van der Waals surface area contributed by atoms with E-state index in [1.165, 1.54) is 6.26 Å². The summed E-state index contributed by atoms with van der Waals surface area (Å²) in [5, 5.41) is 8.46. The first kappa shape index (κ1) is 20.1. The number of ether oxygens (including phenoxy) is 2. The highest BCUT2D eigenvalue weighted by Gasteiger charge is 2.09. The fraction of sp³-hybridized carbons (Fsp3) is 0.688. The normalized spacial score (nSPS) is 12.1. The Morgan fingerprint density at radius 3 is 2.36 bits per heavy atom. The summed E-state index contributed by atoms with van der Waals surface area (Å²) >= 11 is 0. The molecular weight excluding hydrogens is 288 g/mol. The summed E-state index contributed by atoms with van der Waals surface area (Å²) in [6.07, 6.45) is 6.67. The second kappa shape index (κ2) is 12.9. The monoisotopic (exact) mass is 314 g/mol. The number of carbonyl (C=O) groups is 3. The number of allylic oxidation sites excluding steroid dienone is 1. The van der Waals surface area contributed by atoms with Crippen LogP contribution in [-0.4, -0.2) is 29.1 Å². The lowest BCUT2D eigenvalue weighted by Gasteiger charge is -2.14. The van der Waals surface area contributed by atoms with E-state index in [2.05, 4.69) is 0 Å². The zero-order valence-electron chi connectivity index (χ0n) is 13.4. The zero-order valence-corrected chi connectivity index (χ0v) is 13.4. The third kappa shape index (κ3) is 11.9. The molecular formula is C16H26O6. The third-order valence-electron chi connectivity index (χ3n) is 3.01. The molecule has 1 atom stereocenters. The molecule has 0 spiro atoms. The molecule has 0 aromatic heterocycles. The van der Waals surface area contributed by atoms with Crippen LogP contribution >= 0.6 is 0 Å². The minimum atomic E-state index is -0.859. The Kier molecular flexibility index (Phi) is 11.8. The van der Waals surface area contributed by atoms with E-state index in [1.807, 2.05) is 6.92 Å². The molecule has 0 heterocycles. The van der Waals surface area contributed by atoms with Gasteiger partial charge in [-0.2, -0.15) is 0 Å². The van der Waals surface area contributed by atoms with E-state index < -0.39 is 5.97 Å². The number of esters is 2. The smallest absolute Gasteiger partial charge is 0.310 e. The maximum Gasteiger partial charge on any atom is 0.310 e. The van der Waals surface area contributed by atoms with Crippen molar-refractivity contribution in [1.82, 2.24) is 0 Å². The Bertz CT molecular complexity index is 375. The van der Waals surface area contributed by atoms with Gasteiger partial charge in [0, 0.05) is 19.3 Å². The second-order valence-corrected chi connectivity index (χ2v) is 4.91. The van der Waals surface area contributed by atoms with Gasteiger partial charge in [-0.3, -0.25) is 14.4 Å². The molecule has 0 bridgehead atoms. The maximum atomic E-state index is 11.3. The molecule has 0 aliphatic rings. The lowest BCUT2D eigenvalue weighted by atomic mass is 10.1. The van der Waals surface area contributed by atoms with E-state index in [0.29, 0.717) is 32.1 Å². The molecule has 0 radical (unpaired) electrons. The average Bonchev–Trinajstić information content (AvgIpc) is 2.49. The van der Waals surface area contributed by atoms with Gasteiger partial charge in [0.2, 0.25) is 0 Å². The second-order valence-electron chi connectivity index (χ2n) is 4.91. The predicted molar refractivity (Wildman–Crippen MR) is 81.0 cm³/mol. The molecule has 126 valence electrons. The number of carboxylic acid groups (broad SMARTS) is 1. The number of carbonyl (C=O) groups excluding carboxylic acids is 2. The fourth-order valence-electron chi connectivity index (χ4n) is 1.69. The van der Waals surface area contributed by atoms with Gasteiger partial charge < -0.3 is 14.6 Å². The van der Waals surface area contributed by atoms with Crippen molar-refractivity contribution in [2.45, 2.75) is 71.3 Å². The van der Waals surface area contributed by atoms with E-state index in [4.69, 9.17) is 14.6 Å². The molecule has 0 aliphatic carbocycles. The van der Waals surface area contributed by atoms with Crippen LogP contribution in [0.4, 0.5) is 0 Å². The van der Waals surface area contributed by atoms with Gasteiger partial charge in [-0.1, -0.05) is 13.8 Å². The van der Waals surface area contributed by atoms with Crippen molar-refractivity contribution in [2.24, 2.45) is 0 Å². The van der Waals surface area contributed by atoms with E-state index in [9.17, 15) is 14.4 Å². The Labute approximate surface area is 131 Å². The minimum Gasteiger partial charge on any atom is -0.481 e. The Morgan fingerprint density at radius 1 is 1.09 bits per heavy atom. The Balaban J connectivity index is 3.73. The van der Waals surface area contributed by atoms with Gasteiger partial charge in [0.05, 0.1) is 6.26 Å².